The summed E-state index contributed by atoms with van der Waals surface area (Å²) in [7, 11) is -0.410. The van der Waals surface area contributed by atoms with Crippen LogP contribution in [0, 0.1) is 0 Å². The summed E-state index contributed by atoms with van der Waals surface area (Å²) < 4.78 is 12.2. The van der Waals surface area contributed by atoms with Crippen LogP contribution in [0.4, 0.5) is 5.82 Å². The van der Waals surface area contributed by atoms with E-state index in [0.717, 1.165) is 11.3 Å². The van der Waals surface area contributed by atoms with Gasteiger partial charge in [0.2, 0.25) is 0 Å². The van der Waals surface area contributed by atoms with E-state index in [-0.39, 0.29) is 11.2 Å². The number of hydrogen-bond donors (Lipinski definition) is 1. The van der Waals surface area contributed by atoms with E-state index in [1.807, 2.05) is 12.1 Å². The maximum atomic E-state index is 6.23. The first-order chi connectivity index (χ1) is 10.8. The van der Waals surface area contributed by atoms with E-state index in [1.165, 1.54) is 32.1 Å². The second-order valence-corrected chi connectivity index (χ2v) is 8.06. The molecule has 1 aliphatic carbocycles. The summed E-state index contributed by atoms with van der Waals surface area (Å²) in [4.78, 5) is 4.42. The van der Waals surface area contributed by atoms with Gasteiger partial charge in [-0.3, -0.25) is 0 Å². The van der Waals surface area contributed by atoms with Crippen molar-refractivity contribution in [2.24, 2.45) is 0 Å². The van der Waals surface area contributed by atoms with Gasteiger partial charge < -0.3 is 14.6 Å². The number of aromatic nitrogens is 1. The Labute approximate surface area is 144 Å². The van der Waals surface area contributed by atoms with Gasteiger partial charge in [0.15, 0.2) is 0 Å². The van der Waals surface area contributed by atoms with Crippen molar-refractivity contribution < 1.29 is 9.31 Å². The summed E-state index contributed by atoms with van der Waals surface area (Å²) in [6, 6.07) is 4.32. The van der Waals surface area contributed by atoms with Crippen LogP contribution in [0.25, 0.3) is 0 Å². The Morgan fingerprint density at radius 2 is 1.70 bits per heavy atom. The predicted molar refractivity (Wildman–Crippen MR) is 95.5 cm³/mol. The van der Waals surface area contributed by atoms with Crippen LogP contribution in [0.5, 0.6) is 0 Å². The van der Waals surface area contributed by atoms with Crippen molar-refractivity contribution in [2.75, 3.05) is 5.32 Å². The topological polar surface area (TPSA) is 43.4 Å². The van der Waals surface area contributed by atoms with Gasteiger partial charge in [0, 0.05) is 6.04 Å². The van der Waals surface area contributed by atoms with Crippen LogP contribution >= 0.6 is 11.6 Å². The Balaban J connectivity index is 1.78. The summed E-state index contributed by atoms with van der Waals surface area (Å²) in [6.07, 6.45) is 6.28. The number of halogens is 1. The number of rotatable bonds is 3. The zero-order chi connectivity index (χ0) is 16.7. The Hall–Kier alpha value is -0.775. The minimum atomic E-state index is -0.410. The molecule has 1 saturated heterocycles. The Morgan fingerprint density at radius 1 is 1.09 bits per heavy atom. The van der Waals surface area contributed by atoms with Crippen molar-refractivity contribution in [2.45, 2.75) is 77.0 Å². The molecular formula is C17H26BClN2O2. The number of pyridine rings is 1. The molecule has 0 amide bonds. The first-order valence-electron chi connectivity index (χ1n) is 8.56. The van der Waals surface area contributed by atoms with Crippen molar-refractivity contribution >= 4 is 30.0 Å². The Bertz CT molecular complexity index is 558. The minimum Gasteiger partial charge on any atom is -0.399 e. The highest BCUT2D eigenvalue weighted by Crippen LogP contribution is 2.36. The van der Waals surface area contributed by atoms with E-state index in [9.17, 15) is 0 Å². The zero-order valence-electron chi connectivity index (χ0n) is 14.5. The van der Waals surface area contributed by atoms with Gasteiger partial charge in [0.1, 0.15) is 11.0 Å². The largest absolute Gasteiger partial charge is 0.495 e. The van der Waals surface area contributed by atoms with E-state index in [4.69, 9.17) is 20.9 Å². The average Bonchev–Trinajstić information content (AvgIpc) is 2.68. The standard InChI is InChI=1S/C17H26BClN2O2/c1-16(2)17(3,4)23-18(22-16)12-10-14(19)21-15(11-12)20-13-8-6-5-7-9-13/h10-11,13H,5-9H2,1-4H3,(H,20,21). The average molecular weight is 337 g/mol. The molecule has 1 N–H and O–H groups in total. The molecule has 1 aliphatic heterocycles. The molecule has 6 heteroatoms. The molecule has 2 aliphatic rings. The molecular weight excluding hydrogens is 310 g/mol. The molecule has 2 fully saturated rings. The summed E-state index contributed by atoms with van der Waals surface area (Å²) in [5.74, 6) is 0.814. The van der Waals surface area contributed by atoms with E-state index < -0.39 is 7.12 Å². The van der Waals surface area contributed by atoms with Crippen LogP contribution in [0.2, 0.25) is 5.15 Å². The molecule has 0 spiro atoms. The number of nitrogens with zero attached hydrogens (tertiary/aromatic N) is 1. The molecule has 0 aromatic carbocycles. The molecule has 0 atom stereocenters. The Kier molecular flexibility index (Phi) is 4.65. The molecule has 1 saturated carbocycles. The number of hydrogen-bond acceptors (Lipinski definition) is 4. The van der Waals surface area contributed by atoms with Crippen molar-refractivity contribution in [1.82, 2.24) is 4.98 Å². The van der Waals surface area contributed by atoms with E-state index in [2.05, 4.69) is 38.0 Å². The van der Waals surface area contributed by atoms with Crippen molar-refractivity contribution in [1.29, 1.82) is 0 Å². The third-order valence-corrected chi connectivity index (χ3v) is 5.49. The predicted octanol–water partition coefficient (Wildman–Crippen LogP) is 3.78. The monoisotopic (exact) mass is 336 g/mol. The van der Waals surface area contributed by atoms with E-state index in [0.29, 0.717) is 11.2 Å². The smallest absolute Gasteiger partial charge is 0.399 e. The van der Waals surface area contributed by atoms with Crippen LogP contribution in [0.1, 0.15) is 59.8 Å². The van der Waals surface area contributed by atoms with Crippen LogP contribution in [0.15, 0.2) is 12.1 Å². The SMILES string of the molecule is CC1(C)OB(c2cc(Cl)nc(NC3CCCCC3)c2)OC1(C)C. The van der Waals surface area contributed by atoms with Gasteiger partial charge in [-0.1, -0.05) is 30.9 Å². The first kappa shape index (κ1) is 17.1. The summed E-state index contributed by atoms with van der Waals surface area (Å²) >= 11 is 6.23. The first-order valence-corrected chi connectivity index (χ1v) is 8.94. The lowest BCUT2D eigenvalue weighted by Crippen LogP contribution is -2.41. The number of nitrogens with one attached hydrogen (secondary N) is 1. The second kappa shape index (κ2) is 6.27. The molecule has 0 radical (unpaired) electrons. The third-order valence-electron chi connectivity index (χ3n) is 5.30. The van der Waals surface area contributed by atoms with Crippen LogP contribution in [-0.4, -0.2) is 29.3 Å². The minimum absolute atomic E-state index is 0.357. The van der Waals surface area contributed by atoms with Gasteiger partial charge in [-0.15, -0.1) is 0 Å². The molecule has 0 bridgehead atoms. The van der Waals surface area contributed by atoms with Gasteiger partial charge in [-0.2, -0.15) is 0 Å². The molecule has 2 heterocycles. The highest BCUT2D eigenvalue weighted by Gasteiger charge is 2.51. The molecule has 126 valence electrons. The molecule has 1 aromatic heterocycles. The summed E-state index contributed by atoms with van der Waals surface area (Å²) in [5, 5.41) is 3.99. The van der Waals surface area contributed by atoms with Crippen molar-refractivity contribution in [3.8, 4) is 0 Å². The van der Waals surface area contributed by atoms with Crippen LogP contribution in [0.3, 0.4) is 0 Å². The van der Waals surface area contributed by atoms with Gasteiger partial charge in [0.25, 0.3) is 0 Å². The van der Waals surface area contributed by atoms with Crippen molar-refractivity contribution in [3.05, 3.63) is 17.3 Å². The third kappa shape index (κ3) is 3.67. The van der Waals surface area contributed by atoms with Gasteiger partial charge in [-0.05, 0) is 58.1 Å². The van der Waals surface area contributed by atoms with Crippen LogP contribution in [-0.2, 0) is 9.31 Å². The maximum Gasteiger partial charge on any atom is 0.495 e. The fraction of sp³-hybridized carbons (Fsp3) is 0.706. The highest BCUT2D eigenvalue weighted by atomic mass is 35.5. The fourth-order valence-electron chi connectivity index (χ4n) is 3.16. The lowest BCUT2D eigenvalue weighted by atomic mass is 9.79. The molecule has 23 heavy (non-hydrogen) atoms. The van der Waals surface area contributed by atoms with Gasteiger partial charge in [0.05, 0.1) is 11.2 Å². The van der Waals surface area contributed by atoms with Gasteiger partial charge >= 0.3 is 7.12 Å². The fourth-order valence-corrected chi connectivity index (χ4v) is 3.38. The normalized spacial score (nSPS) is 24.0. The quantitative estimate of drug-likeness (QED) is 0.674. The van der Waals surface area contributed by atoms with Gasteiger partial charge in [-0.25, -0.2) is 4.98 Å². The van der Waals surface area contributed by atoms with Crippen LogP contribution < -0.4 is 10.8 Å². The second-order valence-electron chi connectivity index (χ2n) is 7.68. The maximum absolute atomic E-state index is 6.23. The molecule has 4 nitrogen and oxygen atoms in total. The lowest BCUT2D eigenvalue weighted by molar-refractivity contribution is 0.00578. The highest BCUT2D eigenvalue weighted by molar-refractivity contribution is 6.62. The van der Waals surface area contributed by atoms with E-state index in [1.54, 1.807) is 0 Å². The molecule has 3 rings (SSSR count). The zero-order valence-corrected chi connectivity index (χ0v) is 15.2. The summed E-state index contributed by atoms with van der Waals surface area (Å²) in [6.45, 7) is 8.21. The summed E-state index contributed by atoms with van der Waals surface area (Å²) in [5.41, 5.74) is 0.205. The molecule has 0 unspecified atom stereocenters. The molecule has 1 aromatic rings. The van der Waals surface area contributed by atoms with Crippen molar-refractivity contribution in [3.63, 3.8) is 0 Å². The van der Waals surface area contributed by atoms with E-state index >= 15 is 0 Å². The number of anilines is 1. The lowest BCUT2D eigenvalue weighted by Gasteiger charge is -2.32. The Morgan fingerprint density at radius 3 is 2.30 bits per heavy atom.